The van der Waals surface area contributed by atoms with E-state index in [1.54, 1.807) is 14.2 Å². The Kier molecular flexibility index (Phi) is 4.82. The fourth-order valence-electron chi connectivity index (χ4n) is 4.22. The van der Waals surface area contributed by atoms with Crippen molar-refractivity contribution in [2.45, 2.75) is 0 Å². The summed E-state index contributed by atoms with van der Waals surface area (Å²) in [4.78, 5) is 27.6. The van der Waals surface area contributed by atoms with Crippen molar-refractivity contribution in [1.29, 1.82) is 0 Å². The molecule has 0 bridgehead atoms. The van der Waals surface area contributed by atoms with Crippen molar-refractivity contribution in [2.75, 3.05) is 52.3 Å². The van der Waals surface area contributed by atoms with Crippen molar-refractivity contribution in [1.82, 2.24) is 14.9 Å². The largest absolute Gasteiger partial charge is 0.493 e. The summed E-state index contributed by atoms with van der Waals surface area (Å²) in [6, 6.07) is 13.2. The number of hydrogen-bond donors (Lipinski definition) is 0. The molecular weight excluding hydrogens is 392 g/mol. The van der Waals surface area contributed by atoms with Gasteiger partial charge in [0.2, 0.25) is 5.95 Å². The highest BCUT2D eigenvalue weighted by Crippen LogP contribution is 2.42. The molecule has 0 spiro atoms. The van der Waals surface area contributed by atoms with Gasteiger partial charge in [0.15, 0.2) is 17.3 Å². The van der Waals surface area contributed by atoms with Crippen molar-refractivity contribution >= 4 is 11.7 Å². The van der Waals surface area contributed by atoms with Crippen molar-refractivity contribution < 1.29 is 14.3 Å². The average Bonchev–Trinajstić information content (AvgIpc) is 3.11. The van der Waals surface area contributed by atoms with Gasteiger partial charge in [0.25, 0.3) is 0 Å². The van der Waals surface area contributed by atoms with E-state index in [2.05, 4.69) is 16.8 Å². The first-order valence-electron chi connectivity index (χ1n) is 10.3. The zero-order chi connectivity index (χ0) is 21.5. The quantitative estimate of drug-likeness (QED) is 0.506. The van der Waals surface area contributed by atoms with Crippen LogP contribution in [0.25, 0.3) is 22.5 Å². The van der Waals surface area contributed by atoms with Crippen LogP contribution in [0.1, 0.15) is 15.9 Å². The Labute approximate surface area is 181 Å². The third-order valence-electron chi connectivity index (χ3n) is 5.99. The molecule has 0 atom stereocenters. The molecule has 2 aliphatic rings. The number of piperazine rings is 1. The van der Waals surface area contributed by atoms with E-state index in [1.165, 1.54) is 0 Å². The summed E-state index contributed by atoms with van der Waals surface area (Å²) in [5.74, 6) is 1.84. The summed E-state index contributed by atoms with van der Waals surface area (Å²) >= 11 is 0. The van der Waals surface area contributed by atoms with E-state index in [0.29, 0.717) is 40.0 Å². The number of nitrogens with zero attached hydrogens (tertiary/aromatic N) is 4. The zero-order valence-corrected chi connectivity index (χ0v) is 17.9. The van der Waals surface area contributed by atoms with E-state index in [0.717, 1.165) is 37.3 Å². The molecule has 0 radical (unpaired) electrons. The highest BCUT2D eigenvalue weighted by Gasteiger charge is 2.33. The van der Waals surface area contributed by atoms with Gasteiger partial charge in [0, 0.05) is 42.9 Å². The second-order valence-electron chi connectivity index (χ2n) is 7.83. The first-order valence-corrected chi connectivity index (χ1v) is 10.3. The Hall–Kier alpha value is -3.45. The molecular formula is C24H24N4O3. The van der Waals surface area contributed by atoms with Gasteiger partial charge in [-0.25, -0.2) is 9.97 Å². The summed E-state index contributed by atoms with van der Waals surface area (Å²) in [7, 11) is 5.32. The van der Waals surface area contributed by atoms with E-state index in [9.17, 15) is 4.79 Å². The van der Waals surface area contributed by atoms with Gasteiger partial charge in [-0.1, -0.05) is 24.3 Å². The van der Waals surface area contributed by atoms with E-state index in [-0.39, 0.29) is 5.78 Å². The topological polar surface area (TPSA) is 67.8 Å². The lowest BCUT2D eigenvalue weighted by molar-refractivity contribution is 0.104. The molecule has 0 amide bonds. The summed E-state index contributed by atoms with van der Waals surface area (Å²) in [6.45, 7) is 3.58. The van der Waals surface area contributed by atoms with Crippen LogP contribution in [0.15, 0.2) is 42.5 Å². The first-order chi connectivity index (χ1) is 15.1. The molecule has 1 aliphatic heterocycles. The van der Waals surface area contributed by atoms with Gasteiger partial charge in [-0.15, -0.1) is 0 Å². The van der Waals surface area contributed by atoms with Crippen LogP contribution in [0.5, 0.6) is 11.5 Å². The van der Waals surface area contributed by atoms with Gasteiger partial charge >= 0.3 is 0 Å². The number of benzene rings is 2. The van der Waals surface area contributed by atoms with Crippen LogP contribution in [-0.2, 0) is 0 Å². The van der Waals surface area contributed by atoms with E-state index in [4.69, 9.17) is 19.4 Å². The van der Waals surface area contributed by atoms with Crippen LogP contribution in [0, 0.1) is 0 Å². The Morgan fingerprint density at radius 1 is 0.839 bits per heavy atom. The molecule has 2 heterocycles. The van der Waals surface area contributed by atoms with E-state index >= 15 is 0 Å². The predicted molar refractivity (Wildman–Crippen MR) is 119 cm³/mol. The third-order valence-corrected chi connectivity index (χ3v) is 5.99. The van der Waals surface area contributed by atoms with Gasteiger partial charge in [-0.3, -0.25) is 4.79 Å². The molecule has 158 valence electrons. The first kappa shape index (κ1) is 19.5. The number of rotatable bonds is 4. The number of carbonyl (C=O) groups is 1. The monoisotopic (exact) mass is 416 g/mol. The van der Waals surface area contributed by atoms with Crippen LogP contribution in [-0.4, -0.2) is 68.1 Å². The smallest absolute Gasteiger partial charge is 0.226 e. The lowest BCUT2D eigenvalue weighted by Gasteiger charge is -2.32. The number of ether oxygens (including phenoxy) is 2. The van der Waals surface area contributed by atoms with Crippen molar-refractivity contribution in [3.63, 3.8) is 0 Å². The van der Waals surface area contributed by atoms with Gasteiger partial charge < -0.3 is 19.3 Å². The Bertz CT molecular complexity index is 1170. The Morgan fingerprint density at radius 3 is 2.23 bits per heavy atom. The number of fused-ring (bicyclic) bond motifs is 3. The SMILES string of the molecule is COc1ccc(-c2nc(N3CCN(C)CC3)nc3c2C(=O)c2ccccc2-3)cc1OC. The number of carbonyl (C=O) groups excluding carboxylic acids is 1. The van der Waals surface area contributed by atoms with E-state index in [1.807, 2.05) is 42.5 Å². The summed E-state index contributed by atoms with van der Waals surface area (Å²) in [5.41, 5.74) is 4.21. The van der Waals surface area contributed by atoms with Crippen LogP contribution < -0.4 is 14.4 Å². The molecule has 1 aromatic heterocycles. The number of ketones is 1. The van der Waals surface area contributed by atoms with Gasteiger partial charge in [0.05, 0.1) is 31.2 Å². The van der Waals surface area contributed by atoms with Gasteiger partial charge in [-0.2, -0.15) is 0 Å². The van der Waals surface area contributed by atoms with Crippen molar-refractivity contribution in [3.8, 4) is 34.0 Å². The number of anilines is 1. The minimum atomic E-state index is -0.0414. The normalized spacial score (nSPS) is 15.6. The minimum Gasteiger partial charge on any atom is -0.493 e. The molecule has 2 aromatic carbocycles. The predicted octanol–water partition coefficient (Wildman–Crippen LogP) is 3.12. The standard InChI is InChI=1S/C24H24N4O3/c1-27-10-12-28(13-11-27)24-25-21(15-8-9-18(30-2)19(14-15)31-3)20-22(26-24)16-6-4-5-7-17(16)23(20)29/h4-9,14H,10-13H2,1-3H3. The molecule has 7 heteroatoms. The van der Waals surface area contributed by atoms with Gasteiger partial charge in [-0.05, 0) is 25.2 Å². The molecule has 0 saturated carbocycles. The molecule has 5 rings (SSSR count). The molecule has 0 unspecified atom stereocenters. The fourth-order valence-corrected chi connectivity index (χ4v) is 4.22. The maximum Gasteiger partial charge on any atom is 0.226 e. The molecule has 1 saturated heterocycles. The van der Waals surface area contributed by atoms with Crippen LogP contribution in [0.4, 0.5) is 5.95 Å². The van der Waals surface area contributed by atoms with E-state index < -0.39 is 0 Å². The lowest BCUT2D eigenvalue weighted by Crippen LogP contribution is -2.45. The Balaban J connectivity index is 1.71. The number of hydrogen-bond acceptors (Lipinski definition) is 7. The molecule has 0 N–H and O–H groups in total. The summed E-state index contributed by atoms with van der Waals surface area (Å²) in [5, 5.41) is 0. The lowest BCUT2D eigenvalue weighted by atomic mass is 10.0. The summed E-state index contributed by atoms with van der Waals surface area (Å²) < 4.78 is 10.9. The average molecular weight is 416 g/mol. The fraction of sp³-hybridized carbons (Fsp3) is 0.292. The van der Waals surface area contributed by atoms with Crippen LogP contribution >= 0.6 is 0 Å². The van der Waals surface area contributed by atoms with Crippen molar-refractivity contribution in [2.24, 2.45) is 0 Å². The highest BCUT2D eigenvalue weighted by atomic mass is 16.5. The molecule has 3 aromatic rings. The van der Waals surface area contributed by atoms with Crippen molar-refractivity contribution in [3.05, 3.63) is 53.6 Å². The minimum absolute atomic E-state index is 0.0414. The Morgan fingerprint density at radius 2 is 1.52 bits per heavy atom. The molecule has 1 fully saturated rings. The molecule has 1 aliphatic carbocycles. The maximum atomic E-state index is 13.3. The second kappa shape index (κ2) is 7.67. The maximum absolute atomic E-state index is 13.3. The molecule has 31 heavy (non-hydrogen) atoms. The summed E-state index contributed by atoms with van der Waals surface area (Å²) in [6.07, 6.45) is 0. The third kappa shape index (κ3) is 3.21. The van der Waals surface area contributed by atoms with Crippen LogP contribution in [0.3, 0.4) is 0 Å². The highest BCUT2D eigenvalue weighted by molar-refractivity contribution is 6.23. The van der Waals surface area contributed by atoms with Crippen LogP contribution in [0.2, 0.25) is 0 Å². The second-order valence-corrected chi connectivity index (χ2v) is 7.83. The number of likely N-dealkylation sites (N-methyl/N-ethyl adjacent to an activating group) is 1. The number of aromatic nitrogens is 2. The molecule has 7 nitrogen and oxygen atoms in total. The van der Waals surface area contributed by atoms with Gasteiger partial charge in [0.1, 0.15) is 0 Å². The zero-order valence-electron chi connectivity index (χ0n) is 17.9. The number of methoxy groups -OCH3 is 2.